The number of amides is 1. The molecule has 0 aromatic heterocycles. The molecule has 1 N–H and O–H groups in total. The molecule has 0 fully saturated rings. The van der Waals surface area contributed by atoms with Crippen molar-refractivity contribution in [1.82, 2.24) is 4.90 Å². The first kappa shape index (κ1) is 24.7. The van der Waals surface area contributed by atoms with E-state index in [2.05, 4.69) is 49.2 Å². The molecule has 0 aliphatic carbocycles. The van der Waals surface area contributed by atoms with Gasteiger partial charge in [-0.15, -0.1) is 0 Å². The van der Waals surface area contributed by atoms with Crippen molar-refractivity contribution in [3.05, 3.63) is 70.8 Å². The van der Waals surface area contributed by atoms with Gasteiger partial charge in [-0.05, 0) is 73.1 Å². The number of anilines is 1. The molecule has 0 bridgehead atoms. The number of ether oxygens (including phenoxy) is 1. The smallest absolute Gasteiger partial charge is 0.320 e. The van der Waals surface area contributed by atoms with Gasteiger partial charge in [-0.2, -0.15) is 0 Å². The quantitative estimate of drug-likeness (QED) is 0.496. The van der Waals surface area contributed by atoms with Gasteiger partial charge in [0.2, 0.25) is 5.91 Å². The number of carbonyl (C=O) groups is 2. The molecule has 5 heteroatoms. The minimum absolute atomic E-state index is 0.106. The van der Waals surface area contributed by atoms with E-state index >= 15 is 0 Å². The normalized spacial score (nSPS) is 14.7. The average molecular weight is 449 g/mol. The monoisotopic (exact) mass is 448 g/mol. The molecule has 5 nitrogen and oxygen atoms in total. The molecule has 1 aliphatic rings. The van der Waals surface area contributed by atoms with Gasteiger partial charge in [0.1, 0.15) is 5.60 Å². The zero-order valence-corrected chi connectivity index (χ0v) is 20.7. The Bertz CT molecular complexity index is 1020. The standard InChI is InChI=1S/C28H36N2O3/c1-27(2,3)23-11-7-20(8-12-23)9-14-25(31)29-24-13-10-21-15-16-30(18-22(21)17-24)19-26(32)33-28(4,5)6/h7-14,17H,15-16,18-19H2,1-6H3,(H,29,31). The summed E-state index contributed by atoms with van der Waals surface area (Å²) >= 11 is 0. The molecule has 2 aromatic rings. The van der Waals surface area contributed by atoms with E-state index in [0.29, 0.717) is 6.54 Å². The summed E-state index contributed by atoms with van der Waals surface area (Å²) in [5, 5.41) is 2.95. The minimum Gasteiger partial charge on any atom is -0.459 e. The maximum absolute atomic E-state index is 12.5. The van der Waals surface area contributed by atoms with Gasteiger partial charge in [0, 0.05) is 24.9 Å². The molecule has 0 saturated carbocycles. The molecule has 176 valence electrons. The van der Waals surface area contributed by atoms with Crippen LogP contribution >= 0.6 is 0 Å². The van der Waals surface area contributed by atoms with Gasteiger partial charge in [0.25, 0.3) is 0 Å². The van der Waals surface area contributed by atoms with E-state index in [1.54, 1.807) is 6.08 Å². The SMILES string of the molecule is CC(C)(C)OC(=O)CN1CCc2ccc(NC(=O)C=Cc3ccc(C(C)(C)C)cc3)cc2C1. The molecule has 0 radical (unpaired) electrons. The predicted octanol–water partition coefficient (Wildman–Crippen LogP) is 5.34. The summed E-state index contributed by atoms with van der Waals surface area (Å²) < 4.78 is 5.45. The number of rotatable bonds is 5. The van der Waals surface area contributed by atoms with Crippen molar-refractivity contribution in [2.45, 2.75) is 65.5 Å². The maximum atomic E-state index is 12.5. The first-order valence-electron chi connectivity index (χ1n) is 11.5. The van der Waals surface area contributed by atoms with Crippen molar-refractivity contribution in [3.63, 3.8) is 0 Å². The Morgan fingerprint density at radius 1 is 1.00 bits per heavy atom. The van der Waals surface area contributed by atoms with Gasteiger partial charge in [-0.3, -0.25) is 14.5 Å². The van der Waals surface area contributed by atoms with Crippen LogP contribution in [0.15, 0.2) is 48.5 Å². The Labute approximate surface area is 197 Å². The second-order valence-electron chi connectivity index (χ2n) is 10.7. The van der Waals surface area contributed by atoms with E-state index in [1.165, 1.54) is 11.1 Å². The molecule has 33 heavy (non-hydrogen) atoms. The fraction of sp³-hybridized carbons (Fsp3) is 0.429. The summed E-state index contributed by atoms with van der Waals surface area (Å²) in [6, 6.07) is 14.3. The van der Waals surface area contributed by atoms with Crippen LogP contribution in [-0.4, -0.2) is 35.5 Å². The third kappa shape index (κ3) is 7.57. The Morgan fingerprint density at radius 3 is 2.33 bits per heavy atom. The van der Waals surface area contributed by atoms with E-state index in [1.807, 2.05) is 51.1 Å². The van der Waals surface area contributed by atoms with Crippen molar-refractivity contribution in [2.24, 2.45) is 0 Å². The summed E-state index contributed by atoms with van der Waals surface area (Å²) in [7, 11) is 0. The molecular formula is C28H36N2O3. The second-order valence-corrected chi connectivity index (χ2v) is 10.7. The molecule has 2 aromatic carbocycles. The maximum Gasteiger partial charge on any atom is 0.320 e. The predicted molar refractivity (Wildman–Crippen MR) is 134 cm³/mol. The van der Waals surface area contributed by atoms with Crippen molar-refractivity contribution in [2.75, 3.05) is 18.4 Å². The number of nitrogens with one attached hydrogen (secondary N) is 1. The molecule has 0 saturated heterocycles. The number of fused-ring (bicyclic) bond motifs is 1. The summed E-state index contributed by atoms with van der Waals surface area (Å²) in [5.74, 6) is -0.382. The molecular weight excluding hydrogens is 412 g/mol. The molecule has 1 aliphatic heterocycles. The lowest BCUT2D eigenvalue weighted by Gasteiger charge is -2.29. The average Bonchev–Trinajstić information content (AvgIpc) is 2.70. The van der Waals surface area contributed by atoms with E-state index in [4.69, 9.17) is 4.74 Å². The zero-order valence-electron chi connectivity index (χ0n) is 20.7. The molecule has 0 unspecified atom stereocenters. The summed E-state index contributed by atoms with van der Waals surface area (Å²) in [5.41, 5.74) is 5.01. The number of benzene rings is 2. The third-order valence-corrected chi connectivity index (χ3v) is 5.54. The fourth-order valence-corrected chi connectivity index (χ4v) is 3.83. The highest BCUT2D eigenvalue weighted by Crippen LogP contribution is 2.24. The van der Waals surface area contributed by atoms with Gasteiger partial charge in [0.15, 0.2) is 0 Å². The largest absolute Gasteiger partial charge is 0.459 e. The second kappa shape index (κ2) is 9.92. The van der Waals surface area contributed by atoms with Crippen LogP contribution in [0.1, 0.15) is 63.8 Å². The van der Waals surface area contributed by atoms with Crippen molar-refractivity contribution in [3.8, 4) is 0 Å². The highest BCUT2D eigenvalue weighted by Gasteiger charge is 2.22. The van der Waals surface area contributed by atoms with Crippen LogP contribution < -0.4 is 5.32 Å². The fourth-order valence-electron chi connectivity index (χ4n) is 3.83. The van der Waals surface area contributed by atoms with Crippen LogP contribution in [0.2, 0.25) is 0 Å². The van der Waals surface area contributed by atoms with E-state index < -0.39 is 5.60 Å². The van der Waals surface area contributed by atoms with Crippen LogP contribution in [0.3, 0.4) is 0 Å². The van der Waals surface area contributed by atoms with Crippen LogP contribution in [-0.2, 0) is 32.7 Å². The van der Waals surface area contributed by atoms with Gasteiger partial charge < -0.3 is 10.1 Å². The number of esters is 1. The highest BCUT2D eigenvalue weighted by molar-refractivity contribution is 6.02. The van der Waals surface area contributed by atoms with Gasteiger partial charge in [0.05, 0.1) is 6.54 Å². The molecule has 1 heterocycles. The van der Waals surface area contributed by atoms with Crippen molar-refractivity contribution < 1.29 is 14.3 Å². The lowest BCUT2D eigenvalue weighted by molar-refractivity contribution is -0.156. The summed E-state index contributed by atoms with van der Waals surface area (Å²) in [6.45, 7) is 13.9. The minimum atomic E-state index is -0.482. The Balaban J connectivity index is 1.59. The Morgan fingerprint density at radius 2 is 1.70 bits per heavy atom. The van der Waals surface area contributed by atoms with E-state index in [-0.39, 0.29) is 23.8 Å². The van der Waals surface area contributed by atoms with Crippen LogP contribution in [0.25, 0.3) is 6.08 Å². The first-order chi connectivity index (χ1) is 15.4. The lowest BCUT2D eigenvalue weighted by Crippen LogP contribution is -2.38. The van der Waals surface area contributed by atoms with Crippen LogP contribution in [0.4, 0.5) is 5.69 Å². The van der Waals surface area contributed by atoms with Crippen molar-refractivity contribution >= 4 is 23.6 Å². The Hall–Kier alpha value is -2.92. The van der Waals surface area contributed by atoms with Crippen molar-refractivity contribution in [1.29, 1.82) is 0 Å². The first-order valence-corrected chi connectivity index (χ1v) is 11.5. The van der Waals surface area contributed by atoms with Gasteiger partial charge >= 0.3 is 5.97 Å². The van der Waals surface area contributed by atoms with Crippen LogP contribution in [0.5, 0.6) is 0 Å². The Kier molecular flexibility index (Phi) is 7.43. The number of hydrogen-bond donors (Lipinski definition) is 1. The van der Waals surface area contributed by atoms with E-state index in [9.17, 15) is 9.59 Å². The molecule has 0 spiro atoms. The third-order valence-electron chi connectivity index (χ3n) is 5.54. The number of carbonyl (C=O) groups excluding carboxylic acids is 2. The lowest BCUT2D eigenvalue weighted by atomic mass is 9.87. The number of hydrogen-bond acceptors (Lipinski definition) is 4. The topological polar surface area (TPSA) is 58.6 Å². The number of nitrogens with zero attached hydrogens (tertiary/aromatic N) is 1. The zero-order chi connectivity index (χ0) is 24.2. The molecule has 1 amide bonds. The highest BCUT2D eigenvalue weighted by atomic mass is 16.6. The van der Waals surface area contributed by atoms with Crippen LogP contribution in [0, 0.1) is 0 Å². The van der Waals surface area contributed by atoms with Gasteiger partial charge in [-0.1, -0.05) is 51.1 Å². The molecule has 0 atom stereocenters. The van der Waals surface area contributed by atoms with Gasteiger partial charge in [-0.25, -0.2) is 0 Å². The summed E-state index contributed by atoms with van der Waals surface area (Å²) in [4.78, 5) is 26.7. The summed E-state index contributed by atoms with van der Waals surface area (Å²) in [6.07, 6.45) is 4.25. The van der Waals surface area contributed by atoms with E-state index in [0.717, 1.165) is 29.8 Å². The molecule has 3 rings (SSSR count).